The van der Waals surface area contributed by atoms with Crippen LogP contribution in [0, 0.1) is 0 Å². The van der Waals surface area contributed by atoms with Gasteiger partial charge in [0.1, 0.15) is 0 Å². The lowest BCUT2D eigenvalue weighted by molar-refractivity contribution is -0.248. The lowest BCUT2D eigenvalue weighted by Gasteiger charge is -2.32. The Kier molecular flexibility index (Phi) is 3.96. The van der Waals surface area contributed by atoms with Gasteiger partial charge in [-0.25, -0.2) is 0 Å². The maximum absolute atomic E-state index is 13.5. The molecule has 0 aliphatic carbocycles. The van der Waals surface area contributed by atoms with Crippen LogP contribution in [0.15, 0.2) is 54.6 Å². The molecular formula is C16H16F3NO. The molecule has 21 heavy (non-hydrogen) atoms. The Balaban J connectivity index is 2.65. The molecule has 0 spiro atoms. The van der Waals surface area contributed by atoms with Crippen LogP contribution in [0.3, 0.4) is 0 Å². The van der Waals surface area contributed by atoms with E-state index in [1.54, 1.807) is 31.1 Å². The fourth-order valence-electron chi connectivity index (χ4n) is 2.18. The van der Waals surface area contributed by atoms with Crippen LogP contribution in [0.4, 0.5) is 18.9 Å². The Hall–Kier alpha value is -2.01. The highest BCUT2D eigenvalue weighted by Gasteiger charge is 2.56. The molecule has 1 N–H and O–H groups in total. The number of aliphatic hydroxyl groups is 1. The van der Waals surface area contributed by atoms with E-state index in [0.29, 0.717) is 5.69 Å². The first kappa shape index (κ1) is 15.4. The van der Waals surface area contributed by atoms with Gasteiger partial charge in [0.2, 0.25) is 5.60 Å². The lowest BCUT2D eigenvalue weighted by Crippen LogP contribution is -2.43. The first-order valence-electron chi connectivity index (χ1n) is 6.39. The minimum atomic E-state index is -4.82. The summed E-state index contributed by atoms with van der Waals surface area (Å²) in [5, 5.41) is 10.5. The highest BCUT2D eigenvalue weighted by molar-refractivity contribution is 5.51. The van der Waals surface area contributed by atoms with Crippen molar-refractivity contribution in [2.45, 2.75) is 11.8 Å². The zero-order valence-corrected chi connectivity index (χ0v) is 11.7. The largest absolute Gasteiger partial charge is 0.425 e. The van der Waals surface area contributed by atoms with Gasteiger partial charge < -0.3 is 10.0 Å². The lowest BCUT2D eigenvalue weighted by atomic mass is 9.85. The summed E-state index contributed by atoms with van der Waals surface area (Å²) in [4.78, 5) is 1.69. The fourth-order valence-corrected chi connectivity index (χ4v) is 2.18. The second kappa shape index (κ2) is 5.41. The maximum Gasteiger partial charge on any atom is 0.425 e. The number of nitrogens with zero attached hydrogens (tertiary/aromatic N) is 1. The van der Waals surface area contributed by atoms with Crippen molar-refractivity contribution in [3.8, 4) is 0 Å². The molecule has 112 valence electrons. The number of rotatable bonds is 3. The molecule has 0 aliphatic rings. The van der Waals surface area contributed by atoms with Gasteiger partial charge in [0.15, 0.2) is 0 Å². The molecule has 2 aromatic carbocycles. The molecule has 0 saturated heterocycles. The van der Waals surface area contributed by atoms with Gasteiger partial charge in [-0.1, -0.05) is 42.5 Å². The molecular weight excluding hydrogens is 279 g/mol. The van der Waals surface area contributed by atoms with Gasteiger partial charge >= 0.3 is 6.18 Å². The quantitative estimate of drug-likeness (QED) is 0.936. The monoisotopic (exact) mass is 295 g/mol. The van der Waals surface area contributed by atoms with Crippen LogP contribution in [-0.4, -0.2) is 25.4 Å². The molecule has 0 bridgehead atoms. The molecule has 1 unspecified atom stereocenters. The highest BCUT2D eigenvalue weighted by atomic mass is 19.4. The first-order valence-corrected chi connectivity index (χ1v) is 6.39. The molecule has 0 fully saturated rings. The van der Waals surface area contributed by atoms with Crippen LogP contribution in [-0.2, 0) is 5.60 Å². The van der Waals surface area contributed by atoms with E-state index < -0.39 is 11.8 Å². The minimum absolute atomic E-state index is 0.201. The van der Waals surface area contributed by atoms with Gasteiger partial charge in [-0.05, 0) is 23.3 Å². The summed E-state index contributed by atoms with van der Waals surface area (Å²) in [6.45, 7) is 0. The molecule has 1 atom stereocenters. The summed E-state index contributed by atoms with van der Waals surface area (Å²) in [6, 6.07) is 12.9. The molecule has 5 heteroatoms. The van der Waals surface area contributed by atoms with Crippen molar-refractivity contribution in [1.82, 2.24) is 0 Å². The van der Waals surface area contributed by atoms with E-state index in [1.165, 1.54) is 42.5 Å². The smallest absolute Gasteiger partial charge is 0.378 e. The highest BCUT2D eigenvalue weighted by Crippen LogP contribution is 2.44. The number of hydrogen-bond donors (Lipinski definition) is 1. The van der Waals surface area contributed by atoms with Gasteiger partial charge in [-0.3, -0.25) is 0 Å². The van der Waals surface area contributed by atoms with Gasteiger partial charge in [0.05, 0.1) is 0 Å². The van der Waals surface area contributed by atoms with Crippen molar-refractivity contribution >= 4 is 5.69 Å². The minimum Gasteiger partial charge on any atom is -0.378 e. The van der Waals surface area contributed by atoms with Crippen LogP contribution in [0.5, 0.6) is 0 Å². The topological polar surface area (TPSA) is 23.5 Å². The van der Waals surface area contributed by atoms with E-state index >= 15 is 0 Å². The number of halogens is 3. The Morgan fingerprint density at radius 2 is 1.43 bits per heavy atom. The average molecular weight is 295 g/mol. The summed E-state index contributed by atoms with van der Waals surface area (Å²) >= 11 is 0. The van der Waals surface area contributed by atoms with Crippen molar-refractivity contribution in [2.75, 3.05) is 19.0 Å². The number of hydrogen-bond acceptors (Lipinski definition) is 2. The number of benzene rings is 2. The van der Waals surface area contributed by atoms with Crippen molar-refractivity contribution < 1.29 is 18.3 Å². The van der Waals surface area contributed by atoms with Crippen LogP contribution >= 0.6 is 0 Å². The Bertz CT molecular complexity index is 610. The van der Waals surface area contributed by atoms with Crippen molar-refractivity contribution in [1.29, 1.82) is 0 Å². The SMILES string of the molecule is CN(C)c1cccc(C(O)(c2ccccc2)C(F)(F)F)c1. The van der Waals surface area contributed by atoms with Crippen molar-refractivity contribution in [3.05, 3.63) is 65.7 Å². The van der Waals surface area contributed by atoms with E-state index in [1.807, 2.05) is 0 Å². The maximum atomic E-state index is 13.5. The summed E-state index contributed by atoms with van der Waals surface area (Å²) < 4.78 is 40.6. The Labute approximate surface area is 121 Å². The van der Waals surface area contributed by atoms with Gasteiger partial charge in [-0.2, -0.15) is 13.2 Å². The molecule has 2 nitrogen and oxygen atoms in total. The summed E-state index contributed by atoms with van der Waals surface area (Å²) in [7, 11) is 3.46. The molecule has 0 aliphatic heterocycles. The van der Waals surface area contributed by atoms with Gasteiger partial charge in [0, 0.05) is 19.8 Å². The van der Waals surface area contributed by atoms with Crippen LogP contribution in [0.2, 0.25) is 0 Å². The first-order chi connectivity index (χ1) is 9.76. The third-order valence-corrected chi connectivity index (χ3v) is 3.38. The zero-order chi connectivity index (χ0) is 15.7. The normalized spacial score (nSPS) is 14.6. The van der Waals surface area contributed by atoms with Crippen molar-refractivity contribution in [2.24, 2.45) is 0 Å². The molecule has 0 radical (unpaired) electrons. The molecule has 0 heterocycles. The van der Waals surface area contributed by atoms with Crippen molar-refractivity contribution in [3.63, 3.8) is 0 Å². The standard InChI is InChI=1S/C16H16F3NO/c1-20(2)14-10-6-9-13(11-14)15(21,16(17,18)19)12-7-4-3-5-8-12/h3-11,21H,1-2H3. The summed E-state index contributed by atoms with van der Waals surface area (Å²) in [5.41, 5.74) is -2.84. The molecule has 0 amide bonds. The Morgan fingerprint density at radius 1 is 0.857 bits per heavy atom. The van der Waals surface area contributed by atoms with E-state index in [9.17, 15) is 18.3 Å². The average Bonchev–Trinajstić information content (AvgIpc) is 2.46. The number of alkyl halides is 3. The second-order valence-corrected chi connectivity index (χ2v) is 5.02. The predicted octanol–water partition coefficient (Wildman–Crippen LogP) is 3.55. The summed E-state index contributed by atoms with van der Waals surface area (Å²) in [6.07, 6.45) is -4.82. The zero-order valence-electron chi connectivity index (χ0n) is 11.7. The number of anilines is 1. The fraction of sp³-hybridized carbons (Fsp3) is 0.250. The van der Waals surface area contributed by atoms with Gasteiger partial charge in [0.25, 0.3) is 0 Å². The molecule has 2 aromatic rings. The van der Waals surface area contributed by atoms with Crippen LogP contribution < -0.4 is 4.90 Å². The Morgan fingerprint density at radius 3 is 1.95 bits per heavy atom. The summed E-state index contributed by atoms with van der Waals surface area (Å²) in [5.74, 6) is 0. The van der Waals surface area contributed by atoms with E-state index in [2.05, 4.69) is 0 Å². The molecule has 2 rings (SSSR count). The van der Waals surface area contributed by atoms with E-state index in [0.717, 1.165) is 0 Å². The van der Waals surface area contributed by atoms with Crippen LogP contribution in [0.1, 0.15) is 11.1 Å². The van der Waals surface area contributed by atoms with Crippen LogP contribution in [0.25, 0.3) is 0 Å². The molecule has 0 aromatic heterocycles. The van der Waals surface area contributed by atoms with Gasteiger partial charge in [-0.15, -0.1) is 0 Å². The van der Waals surface area contributed by atoms with E-state index in [-0.39, 0.29) is 11.1 Å². The predicted molar refractivity (Wildman–Crippen MR) is 76.3 cm³/mol. The second-order valence-electron chi connectivity index (χ2n) is 5.02. The molecule has 0 saturated carbocycles. The third kappa shape index (κ3) is 2.74. The third-order valence-electron chi connectivity index (χ3n) is 3.38. The van der Waals surface area contributed by atoms with E-state index in [4.69, 9.17) is 0 Å².